The van der Waals surface area contributed by atoms with Crippen LogP contribution in [-0.4, -0.2) is 33.5 Å². The topological polar surface area (TPSA) is 51.5 Å². The van der Waals surface area contributed by atoms with E-state index in [4.69, 9.17) is 19.5 Å². The largest absolute Gasteiger partial charge is 0.491 e. The highest BCUT2D eigenvalue weighted by Crippen LogP contribution is 2.34. The minimum absolute atomic E-state index is 0.0572. The van der Waals surface area contributed by atoms with Crippen molar-refractivity contribution in [1.29, 1.82) is 5.26 Å². The molecule has 0 amide bonds. The Morgan fingerprint density at radius 3 is 2.52 bits per heavy atom. The molecule has 4 nitrogen and oxygen atoms in total. The van der Waals surface area contributed by atoms with Crippen LogP contribution in [0.1, 0.15) is 17.5 Å². The number of methoxy groups -OCH3 is 1. The van der Waals surface area contributed by atoms with Crippen LogP contribution in [0.4, 0.5) is 13.2 Å². The molecule has 0 bridgehead atoms. The fourth-order valence-corrected chi connectivity index (χ4v) is 1.57. The van der Waals surface area contributed by atoms with Gasteiger partial charge >= 0.3 is 6.18 Å². The molecular weight excluding hydrogens is 287 g/mol. The van der Waals surface area contributed by atoms with Crippen molar-refractivity contribution >= 4 is 0 Å². The first-order valence-electron chi connectivity index (χ1n) is 6.30. The van der Waals surface area contributed by atoms with E-state index in [1.54, 1.807) is 7.11 Å². The van der Waals surface area contributed by atoms with E-state index in [0.29, 0.717) is 13.2 Å². The number of hydrogen-bond donors (Lipinski definition) is 0. The summed E-state index contributed by atoms with van der Waals surface area (Å²) >= 11 is 0. The minimum Gasteiger partial charge on any atom is -0.491 e. The zero-order valence-corrected chi connectivity index (χ0v) is 11.6. The standard InChI is InChI=1S/C14H16F3NO3/c1-19-5-2-6-20-7-8-21-12-4-3-11(10-18)13(9-12)14(15,16)17/h3-4,9H,2,5-8H2,1H3. The quantitative estimate of drug-likeness (QED) is 0.693. The summed E-state index contributed by atoms with van der Waals surface area (Å²) in [5.74, 6) is 0.0572. The monoisotopic (exact) mass is 303 g/mol. The summed E-state index contributed by atoms with van der Waals surface area (Å²) in [5.41, 5.74) is -1.42. The Morgan fingerprint density at radius 1 is 1.14 bits per heavy atom. The lowest BCUT2D eigenvalue weighted by Crippen LogP contribution is -2.11. The van der Waals surface area contributed by atoms with Crippen molar-refractivity contribution in [2.45, 2.75) is 12.6 Å². The van der Waals surface area contributed by atoms with Crippen molar-refractivity contribution in [3.05, 3.63) is 29.3 Å². The van der Waals surface area contributed by atoms with Crippen LogP contribution >= 0.6 is 0 Å². The van der Waals surface area contributed by atoms with Crippen LogP contribution in [0, 0.1) is 11.3 Å². The van der Waals surface area contributed by atoms with E-state index in [1.165, 1.54) is 12.1 Å². The molecule has 0 aliphatic heterocycles. The average molecular weight is 303 g/mol. The third kappa shape index (κ3) is 6.02. The van der Waals surface area contributed by atoms with E-state index in [-0.39, 0.29) is 19.0 Å². The van der Waals surface area contributed by atoms with E-state index in [1.807, 2.05) is 0 Å². The lowest BCUT2D eigenvalue weighted by Gasteiger charge is -2.12. The molecule has 0 fully saturated rings. The molecule has 0 atom stereocenters. The van der Waals surface area contributed by atoms with Gasteiger partial charge in [0, 0.05) is 20.3 Å². The maximum absolute atomic E-state index is 12.7. The second-order valence-electron chi connectivity index (χ2n) is 4.12. The van der Waals surface area contributed by atoms with E-state index >= 15 is 0 Å². The molecule has 0 N–H and O–H groups in total. The number of benzene rings is 1. The maximum Gasteiger partial charge on any atom is 0.417 e. The van der Waals surface area contributed by atoms with Crippen molar-refractivity contribution < 1.29 is 27.4 Å². The molecule has 0 aliphatic rings. The number of nitrogens with zero attached hydrogens (tertiary/aromatic N) is 1. The molecule has 0 spiro atoms. The normalized spacial score (nSPS) is 11.2. The highest BCUT2D eigenvalue weighted by Gasteiger charge is 2.34. The third-order valence-corrected chi connectivity index (χ3v) is 2.55. The van der Waals surface area contributed by atoms with Gasteiger partial charge in [0.1, 0.15) is 12.4 Å². The minimum atomic E-state index is -4.58. The van der Waals surface area contributed by atoms with Crippen molar-refractivity contribution in [2.75, 3.05) is 33.5 Å². The van der Waals surface area contributed by atoms with Gasteiger partial charge in [0.25, 0.3) is 0 Å². The molecular formula is C14H16F3NO3. The molecule has 0 saturated heterocycles. The number of ether oxygens (including phenoxy) is 3. The Bertz CT molecular complexity index is 483. The van der Waals surface area contributed by atoms with Crippen molar-refractivity contribution in [1.82, 2.24) is 0 Å². The molecule has 0 saturated carbocycles. The Hall–Kier alpha value is -1.78. The number of halogens is 3. The molecule has 1 aromatic rings. The second-order valence-corrected chi connectivity index (χ2v) is 4.12. The molecule has 0 aromatic heterocycles. The van der Waals surface area contributed by atoms with Gasteiger partial charge in [-0.05, 0) is 24.6 Å². The van der Waals surface area contributed by atoms with E-state index < -0.39 is 17.3 Å². The zero-order valence-electron chi connectivity index (χ0n) is 11.6. The first kappa shape index (κ1) is 17.3. The lowest BCUT2D eigenvalue weighted by atomic mass is 10.1. The SMILES string of the molecule is COCCCOCCOc1ccc(C#N)c(C(F)(F)F)c1. The Balaban J connectivity index is 2.48. The van der Waals surface area contributed by atoms with Crippen LogP contribution in [0.2, 0.25) is 0 Å². The Morgan fingerprint density at radius 2 is 1.90 bits per heavy atom. The molecule has 116 valence electrons. The summed E-state index contributed by atoms with van der Waals surface area (Å²) in [6.45, 7) is 1.49. The van der Waals surface area contributed by atoms with Gasteiger partial charge in [-0.2, -0.15) is 18.4 Å². The second kappa shape index (κ2) is 8.49. The van der Waals surface area contributed by atoms with Crippen LogP contribution < -0.4 is 4.74 Å². The van der Waals surface area contributed by atoms with Crippen molar-refractivity contribution in [3.8, 4) is 11.8 Å². The highest BCUT2D eigenvalue weighted by molar-refractivity contribution is 5.44. The van der Waals surface area contributed by atoms with Gasteiger partial charge in [0.15, 0.2) is 0 Å². The predicted molar refractivity (Wildman–Crippen MR) is 69.0 cm³/mol. The van der Waals surface area contributed by atoms with Gasteiger partial charge in [-0.15, -0.1) is 0 Å². The number of rotatable bonds is 8. The molecule has 0 unspecified atom stereocenters. The summed E-state index contributed by atoms with van der Waals surface area (Å²) < 4.78 is 53.4. The van der Waals surface area contributed by atoms with Gasteiger partial charge in [-0.25, -0.2) is 0 Å². The molecule has 1 rings (SSSR count). The van der Waals surface area contributed by atoms with E-state index in [9.17, 15) is 13.2 Å². The average Bonchev–Trinajstić information content (AvgIpc) is 2.45. The Kier molecular flexibility index (Phi) is 6.99. The summed E-state index contributed by atoms with van der Waals surface area (Å²) in [5, 5.41) is 8.67. The summed E-state index contributed by atoms with van der Waals surface area (Å²) in [7, 11) is 1.59. The fraction of sp³-hybridized carbons (Fsp3) is 0.500. The summed E-state index contributed by atoms with van der Waals surface area (Å²) in [6, 6.07) is 4.76. The lowest BCUT2D eigenvalue weighted by molar-refractivity contribution is -0.137. The smallest absolute Gasteiger partial charge is 0.417 e. The first-order valence-corrected chi connectivity index (χ1v) is 6.30. The predicted octanol–water partition coefficient (Wildman–Crippen LogP) is 3.01. The molecule has 7 heteroatoms. The molecule has 0 radical (unpaired) electrons. The number of alkyl halides is 3. The van der Waals surface area contributed by atoms with Gasteiger partial charge in [0.2, 0.25) is 0 Å². The molecule has 0 heterocycles. The van der Waals surface area contributed by atoms with Gasteiger partial charge in [-0.3, -0.25) is 0 Å². The number of nitriles is 1. The van der Waals surface area contributed by atoms with Crippen LogP contribution in [0.3, 0.4) is 0 Å². The van der Waals surface area contributed by atoms with E-state index in [2.05, 4.69) is 0 Å². The van der Waals surface area contributed by atoms with Crippen molar-refractivity contribution in [3.63, 3.8) is 0 Å². The highest BCUT2D eigenvalue weighted by atomic mass is 19.4. The summed E-state index contributed by atoms with van der Waals surface area (Å²) in [4.78, 5) is 0. The van der Waals surface area contributed by atoms with Gasteiger partial charge in [-0.1, -0.05) is 0 Å². The summed E-state index contributed by atoms with van der Waals surface area (Å²) in [6.07, 6.45) is -3.84. The van der Waals surface area contributed by atoms with Crippen LogP contribution in [-0.2, 0) is 15.7 Å². The Labute approximate surface area is 121 Å². The molecule has 0 aliphatic carbocycles. The number of hydrogen-bond acceptors (Lipinski definition) is 4. The van der Waals surface area contributed by atoms with Crippen LogP contribution in [0.25, 0.3) is 0 Å². The fourth-order valence-electron chi connectivity index (χ4n) is 1.57. The molecule has 21 heavy (non-hydrogen) atoms. The van der Waals surface area contributed by atoms with Crippen LogP contribution in [0.5, 0.6) is 5.75 Å². The van der Waals surface area contributed by atoms with E-state index in [0.717, 1.165) is 18.6 Å². The van der Waals surface area contributed by atoms with Crippen molar-refractivity contribution in [2.24, 2.45) is 0 Å². The first-order chi connectivity index (χ1) is 9.99. The van der Waals surface area contributed by atoms with Crippen LogP contribution in [0.15, 0.2) is 18.2 Å². The third-order valence-electron chi connectivity index (χ3n) is 2.55. The maximum atomic E-state index is 12.7. The van der Waals surface area contributed by atoms with Gasteiger partial charge in [0.05, 0.1) is 23.8 Å². The zero-order chi connectivity index (χ0) is 15.7. The molecule has 1 aromatic carbocycles. The van der Waals surface area contributed by atoms with Gasteiger partial charge < -0.3 is 14.2 Å².